The lowest BCUT2D eigenvalue weighted by atomic mass is 9.90. The third-order valence-corrected chi connectivity index (χ3v) is 4.67. The van der Waals surface area contributed by atoms with Crippen LogP contribution in [0.2, 0.25) is 0 Å². The molecule has 1 aromatic carbocycles. The predicted octanol–water partition coefficient (Wildman–Crippen LogP) is 3.52. The molecule has 94 valence electrons. The quantitative estimate of drug-likeness (QED) is 0.808. The maximum Gasteiger partial charge on any atom is 0.112 e. The van der Waals surface area contributed by atoms with Crippen LogP contribution in [0.15, 0.2) is 30.3 Å². The molecule has 0 amide bonds. The Balaban J connectivity index is 1.89. The van der Waals surface area contributed by atoms with Crippen LogP contribution in [0.5, 0.6) is 0 Å². The van der Waals surface area contributed by atoms with Gasteiger partial charge in [-0.15, -0.1) is 0 Å². The fourth-order valence-corrected chi connectivity index (χ4v) is 3.52. The molecule has 2 fully saturated rings. The van der Waals surface area contributed by atoms with E-state index in [1.807, 2.05) is 0 Å². The maximum absolute atomic E-state index is 9.70. The molecular formula is C16H20N2. The van der Waals surface area contributed by atoms with E-state index in [0.29, 0.717) is 12.0 Å². The highest BCUT2D eigenvalue weighted by molar-refractivity contribution is 5.24. The van der Waals surface area contributed by atoms with Crippen molar-refractivity contribution >= 4 is 0 Å². The molecule has 1 aliphatic carbocycles. The molecule has 2 heteroatoms. The van der Waals surface area contributed by atoms with Gasteiger partial charge in [-0.2, -0.15) is 5.26 Å². The molecule has 1 saturated heterocycles. The topological polar surface area (TPSA) is 27.0 Å². The molecule has 3 rings (SSSR count). The molecule has 0 bridgehead atoms. The van der Waals surface area contributed by atoms with Crippen molar-refractivity contribution in [3.8, 4) is 6.07 Å². The Morgan fingerprint density at radius 1 is 1.33 bits per heavy atom. The zero-order valence-corrected chi connectivity index (χ0v) is 11.0. The maximum atomic E-state index is 9.70. The van der Waals surface area contributed by atoms with Crippen LogP contribution >= 0.6 is 0 Å². The molecule has 1 aliphatic heterocycles. The van der Waals surface area contributed by atoms with Crippen molar-refractivity contribution in [2.24, 2.45) is 5.92 Å². The highest BCUT2D eigenvalue weighted by Crippen LogP contribution is 2.50. The second-order valence-electron chi connectivity index (χ2n) is 5.69. The summed E-state index contributed by atoms with van der Waals surface area (Å²) in [6.07, 6.45) is 4.71. The van der Waals surface area contributed by atoms with E-state index >= 15 is 0 Å². The van der Waals surface area contributed by atoms with Gasteiger partial charge in [0.2, 0.25) is 0 Å². The zero-order chi connectivity index (χ0) is 12.6. The summed E-state index contributed by atoms with van der Waals surface area (Å²) in [7, 11) is 0. The van der Waals surface area contributed by atoms with Gasteiger partial charge in [0.15, 0.2) is 0 Å². The summed E-state index contributed by atoms with van der Waals surface area (Å²) in [4.78, 5) is 2.46. The van der Waals surface area contributed by atoms with Crippen molar-refractivity contribution in [3.05, 3.63) is 35.9 Å². The summed E-state index contributed by atoms with van der Waals surface area (Å²) >= 11 is 0. The van der Waals surface area contributed by atoms with Crippen LogP contribution in [0.1, 0.15) is 44.2 Å². The fourth-order valence-electron chi connectivity index (χ4n) is 3.52. The van der Waals surface area contributed by atoms with Crippen molar-refractivity contribution in [1.29, 1.82) is 5.26 Å². The summed E-state index contributed by atoms with van der Waals surface area (Å²) < 4.78 is 0. The zero-order valence-electron chi connectivity index (χ0n) is 11.0. The van der Waals surface area contributed by atoms with Crippen LogP contribution in [-0.4, -0.2) is 17.0 Å². The van der Waals surface area contributed by atoms with Crippen LogP contribution < -0.4 is 0 Å². The molecule has 1 saturated carbocycles. The molecule has 0 N–H and O–H groups in total. The smallest absolute Gasteiger partial charge is 0.112 e. The molecule has 0 aromatic heterocycles. The van der Waals surface area contributed by atoms with Gasteiger partial charge in [-0.3, -0.25) is 4.90 Å². The number of nitriles is 1. The SMILES string of the molecule is CC(c1ccccc1)N1CCCC1(C#N)C1CC1. The third-order valence-electron chi connectivity index (χ3n) is 4.67. The molecule has 2 atom stereocenters. The van der Waals surface area contributed by atoms with E-state index in [9.17, 15) is 5.26 Å². The first-order valence-electron chi connectivity index (χ1n) is 7.01. The normalized spacial score (nSPS) is 30.0. The molecular weight excluding hydrogens is 220 g/mol. The number of hydrogen-bond donors (Lipinski definition) is 0. The number of likely N-dealkylation sites (tertiary alicyclic amines) is 1. The lowest BCUT2D eigenvalue weighted by Crippen LogP contribution is -2.45. The predicted molar refractivity (Wildman–Crippen MR) is 71.9 cm³/mol. The first kappa shape index (κ1) is 11.7. The second-order valence-corrected chi connectivity index (χ2v) is 5.69. The van der Waals surface area contributed by atoms with Gasteiger partial charge < -0.3 is 0 Å². The summed E-state index contributed by atoms with van der Waals surface area (Å²) in [6.45, 7) is 3.31. The molecule has 2 unspecified atom stereocenters. The van der Waals surface area contributed by atoms with Gasteiger partial charge in [-0.1, -0.05) is 30.3 Å². The Kier molecular flexibility index (Phi) is 2.87. The molecule has 2 aliphatic rings. The van der Waals surface area contributed by atoms with E-state index in [0.717, 1.165) is 13.0 Å². The van der Waals surface area contributed by atoms with Gasteiger partial charge in [0, 0.05) is 12.6 Å². The van der Waals surface area contributed by atoms with Crippen molar-refractivity contribution in [1.82, 2.24) is 4.90 Å². The first-order chi connectivity index (χ1) is 8.78. The van der Waals surface area contributed by atoms with Crippen LogP contribution in [-0.2, 0) is 0 Å². The highest BCUT2D eigenvalue weighted by Gasteiger charge is 2.53. The van der Waals surface area contributed by atoms with Gasteiger partial charge in [0.1, 0.15) is 5.54 Å². The Hall–Kier alpha value is -1.33. The van der Waals surface area contributed by atoms with E-state index in [-0.39, 0.29) is 5.54 Å². The minimum absolute atomic E-state index is 0.171. The lowest BCUT2D eigenvalue weighted by molar-refractivity contribution is 0.120. The number of nitrogens with zero attached hydrogens (tertiary/aromatic N) is 2. The Bertz CT molecular complexity index is 458. The number of hydrogen-bond acceptors (Lipinski definition) is 2. The first-order valence-corrected chi connectivity index (χ1v) is 7.01. The molecule has 1 aromatic rings. The molecule has 0 radical (unpaired) electrons. The minimum Gasteiger partial charge on any atom is -0.278 e. The fraction of sp³-hybridized carbons (Fsp3) is 0.562. The number of benzene rings is 1. The summed E-state index contributed by atoms with van der Waals surface area (Å²) in [5, 5.41) is 9.70. The van der Waals surface area contributed by atoms with Crippen molar-refractivity contribution < 1.29 is 0 Å². The van der Waals surface area contributed by atoms with Crippen LogP contribution in [0, 0.1) is 17.2 Å². The summed E-state index contributed by atoms with van der Waals surface area (Å²) in [5.74, 6) is 0.621. The average molecular weight is 240 g/mol. The highest BCUT2D eigenvalue weighted by atomic mass is 15.3. The van der Waals surface area contributed by atoms with Crippen molar-refractivity contribution in [2.75, 3.05) is 6.54 Å². The van der Waals surface area contributed by atoms with E-state index < -0.39 is 0 Å². The molecule has 1 heterocycles. The lowest BCUT2D eigenvalue weighted by Gasteiger charge is -2.37. The van der Waals surface area contributed by atoms with E-state index in [1.54, 1.807) is 0 Å². The van der Waals surface area contributed by atoms with Gasteiger partial charge in [0.25, 0.3) is 0 Å². The number of rotatable bonds is 3. The van der Waals surface area contributed by atoms with Gasteiger partial charge in [-0.05, 0) is 44.1 Å². The van der Waals surface area contributed by atoms with E-state index in [2.05, 4.69) is 48.2 Å². The Morgan fingerprint density at radius 3 is 2.67 bits per heavy atom. The standard InChI is InChI=1S/C16H20N2/c1-13(14-6-3-2-4-7-14)18-11-5-10-16(18,12-17)15-8-9-15/h2-4,6-7,13,15H,5,8-11H2,1H3. The average Bonchev–Trinajstić information content (AvgIpc) is 3.19. The van der Waals surface area contributed by atoms with Crippen LogP contribution in [0.3, 0.4) is 0 Å². The van der Waals surface area contributed by atoms with Gasteiger partial charge in [0.05, 0.1) is 6.07 Å². The van der Waals surface area contributed by atoms with Gasteiger partial charge in [-0.25, -0.2) is 0 Å². The monoisotopic (exact) mass is 240 g/mol. The van der Waals surface area contributed by atoms with Gasteiger partial charge >= 0.3 is 0 Å². The van der Waals surface area contributed by atoms with Crippen molar-refractivity contribution in [2.45, 2.75) is 44.2 Å². The molecule has 0 spiro atoms. The molecule has 18 heavy (non-hydrogen) atoms. The molecule has 2 nitrogen and oxygen atoms in total. The summed E-state index contributed by atoms with van der Waals surface area (Å²) in [6, 6.07) is 13.6. The van der Waals surface area contributed by atoms with E-state index in [1.165, 1.54) is 24.8 Å². The minimum atomic E-state index is -0.171. The summed E-state index contributed by atoms with van der Waals surface area (Å²) in [5.41, 5.74) is 1.16. The van der Waals surface area contributed by atoms with Crippen LogP contribution in [0.4, 0.5) is 0 Å². The Labute approximate surface area is 109 Å². The van der Waals surface area contributed by atoms with Crippen molar-refractivity contribution in [3.63, 3.8) is 0 Å². The van der Waals surface area contributed by atoms with E-state index in [4.69, 9.17) is 0 Å². The van der Waals surface area contributed by atoms with Crippen LogP contribution in [0.25, 0.3) is 0 Å². The second kappa shape index (κ2) is 4.40. The third kappa shape index (κ3) is 1.74. The Morgan fingerprint density at radius 2 is 2.06 bits per heavy atom. The largest absolute Gasteiger partial charge is 0.278 e.